The van der Waals surface area contributed by atoms with E-state index >= 15 is 0 Å². The number of hydrogen-bond donors (Lipinski definition) is 4. The Morgan fingerprint density at radius 2 is 1.36 bits per heavy atom. The average Bonchev–Trinajstić information content (AvgIpc) is 3.82. The maximum atomic E-state index is 7.21. The molecule has 2 aromatic heterocycles. The first kappa shape index (κ1) is 30.3. The van der Waals surface area contributed by atoms with Crippen LogP contribution in [0, 0.1) is 5.92 Å². The molecule has 1 aliphatic rings. The van der Waals surface area contributed by atoms with Crippen molar-refractivity contribution in [3.8, 4) is 0 Å². The Balaban J connectivity index is 1.25. The van der Waals surface area contributed by atoms with Crippen LogP contribution in [0.4, 0.5) is 0 Å². The molecule has 3 unspecified atom stereocenters. The molecule has 2 heterocycles. The van der Waals surface area contributed by atoms with Crippen LogP contribution >= 0.6 is 11.6 Å². The van der Waals surface area contributed by atoms with Gasteiger partial charge in [-0.05, 0) is 90.6 Å². The van der Waals surface area contributed by atoms with Crippen LogP contribution in [0.3, 0.4) is 0 Å². The maximum Gasteiger partial charge on any atom is 0.0439 e. The third kappa shape index (κ3) is 8.69. The second-order valence-corrected chi connectivity index (χ2v) is 12.4. The predicted octanol–water partition coefficient (Wildman–Crippen LogP) is 5.49. The van der Waals surface area contributed by atoms with Crippen LogP contribution in [-0.2, 0) is 24.9 Å². The second-order valence-electron chi connectivity index (χ2n) is 12.0. The maximum absolute atomic E-state index is 7.21. The molecule has 6 nitrogen and oxygen atoms in total. The van der Waals surface area contributed by atoms with Gasteiger partial charge < -0.3 is 22.5 Å². The van der Waals surface area contributed by atoms with E-state index in [-0.39, 0.29) is 12.1 Å². The molecule has 7 heteroatoms. The van der Waals surface area contributed by atoms with E-state index < -0.39 is 5.54 Å². The molecular weight excluding hydrogens is 540 g/mol. The molecule has 1 saturated carbocycles. The first-order chi connectivity index (χ1) is 20.4. The molecule has 2 aromatic carbocycles. The lowest BCUT2D eigenvalue weighted by Crippen LogP contribution is -2.47. The van der Waals surface area contributed by atoms with Gasteiger partial charge in [0.05, 0.1) is 0 Å². The summed E-state index contributed by atoms with van der Waals surface area (Å²) in [7, 11) is 0. The topological polar surface area (TPSA) is 116 Å². The summed E-state index contributed by atoms with van der Waals surface area (Å²) >= 11 is 6.12. The van der Waals surface area contributed by atoms with Gasteiger partial charge in [0.15, 0.2) is 0 Å². The molecular formula is C35H43ClN6. The Morgan fingerprint density at radius 1 is 0.786 bits per heavy atom. The molecule has 0 bridgehead atoms. The second kappa shape index (κ2) is 14.4. The van der Waals surface area contributed by atoms with Crippen molar-refractivity contribution in [2.75, 3.05) is 6.54 Å². The van der Waals surface area contributed by atoms with E-state index in [4.69, 9.17) is 28.8 Å². The number of aromatic nitrogens is 2. The first-order valence-corrected chi connectivity index (χ1v) is 15.4. The molecule has 0 amide bonds. The highest BCUT2D eigenvalue weighted by Gasteiger charge is 2.33. The fourth-order valence-corrected chi connectivity index (χ4v) is 6.19. The summed E-state index contributed by atoms with van der Waals surface area (Å²) in [4.78, 5) is 8.92. The molecule has 220 valence electrons. The minimum atomic E-state index is -0.681. The van der Waals surface area contributed by atoms with E-state index in [1.54, 1.807) is 12.4 Å². The van der Waals surface area contributed by atoms with Gasteiger partial charge in [-0.25, -0.2) is 0 Å². The summed E-state index contributed by atoms with van der Waals surface area (Å²) in [5, 5.41) is 4.48. The van der Waals surface area contributed by atoms with Gasteiger partial charge in [0.2, 0.25) is 0 Å². The minimum Gasteiger partial charge on any atom is -0.327 e. The van der Waals surface area contributed by atoms with Crippen LogP contribution < -0.4 is 22.5 Å². The van der Waals surface area contributed by atoms with E-state index in [0.717, 1.165) is 41.0 Å². The molecule has 0 radical (unpaired) electrons. The Kier molecular flexibility index (Phi) is 10.4. The van der Waals surface area contributed by atoms with E-state index in [0.29, 0.717) is 31.6 Å². The number of nitrogens with one attached hydrogen (secondary N) is 1. The van der Waals surface area contributed by atoms with Gasteiger partial charge in [-0.15, -0.1) is 0 Å². The van der Waals surface area contributed by atoms with Crippen molar-refractivity contribution in [1.82, 2.24) is 15.3 Å². The summed E-state index contributed by atoms with van der Waals surface area (Å²) < 4.78 is 0. The lowest BCUT2D eigenvalue weighted by molar-refractivity contribution is 0.314. The SMILES string of the molecule is NC(Cc1ccccn1)CC(N)(CC(N)Cc1ccccn1)c1ccc(CNCC(c2ccc(Cl)cc2)C2CC2)cc1. The predicted molar refractivity (Wildman–Crippen MR) is 172 cm³/mol. The number of rotatable bonds is 15. The molecule has 3 atom stereocenters. The molecule has 42 heavy (non-hydrogen) atoms. The molecule has 1 aliphatic carbocycles. The molecule has 4 aromatic rings. The molecule has 7 N–H and O–H groups in total. The van der Waals surface area contributed by atoms with E-state index in [9.17, 15) is 0 Å². The molecule has 0 aliphatic heterocycles. The van der Waals surface area contributed by atoms with Gasteiger partial charge >= 0.3 is 0 Å². The Labute approximate surface area is 255 Å². The Bertz CT molecular complexity index is 1310. The fourth-order valence-electron chi connectivity index (χ4n) is 6.07. The zero-order valence-corrected chi connectivity index (χ0v) is 25.0. The highest BCUT2D eigenvalue weighted by atomic mass is 35.5. The van der Waals surface area contributed by atoms with E-state index in [1.165, 1.54) is 24.0 Å². The largest absolute Gasteiger partial charge is 0.327 e. The van der Waals surface area contributed by atoms with E-state index in [2.05, 4.69) is 51.7 Å². The van der Waals surface area contributed by atoms with Crippen LogP contribution in [-0.4, -0.2) is 28.6 Å². The third-order valence-corrected chi connectivity index (χ3v) is 8.61. The summed E-state index contributed by atoms with van der Waals surface area (Å²) in [6.07, 6.45) is 8.72. The third-order valence-electron chi connectivity index (χ3n) is 8.36. The Hall–Kier alpha value is -3.13. The van der Waals surface area contributed by atoms with Crippen molar-refractivity contribution >= 4 is 11.6 Å². The minimum absolute atomic E-state index is 0.152. The number of nitrogens with two attached hydrogens (primary N) is 3. The number of halogens is 1. The van der Waals surface area contributed by atoms with Crippen LogP contribution in [0.5, 0.6) is 0 Å². The molecule has 5 rings (SSSR count). The van der Waals surface area contributed by atoms with Gasteiger partial charge in [-0.3, -0.25) is 9.97 Å². The van der Waals surface area contributed by atoms with Gasteiger partial charge in [0.25, 0.3) is 0 Å². The lowest BCUT2D eigenvalue weighted by atomic mass is 9.78. The zero-order chi connectivity index (χ0) is 29.4. The summed E-state index contributed by atoms with van der Waals surface area (Å²) in [6.45, 7) is 1.74. The standard InChI is InChI=1S/C35H43ClN6/c36-29-15-11-27(12-16-29)34(26-9-10-26)24-40-23-25-7-13-28(14-8-25)35(39,21-30(37)19-32-5-1-3-17-41-32)22-31(38)20-33-6-2-4-18-42-33/h1-8,11-18,26,30-31,34,40H,9-10,19-24,37-39H2. The van der Waals surface area contributed by atoms with Crippen LogP contribution in [0.2, 0.25) is 5.02 Å². The van der Waals surface area contributed by atoms with Crippen molar-refractivity contribution in [3.05, 3.63) is 130 Å². The smallest absolute Gasteiger partial charge is 0.0439 e. The average molecular weight is 583 g/mol. The fraction of sp³-hybridized carbons (Fsp3) is 0.371. The zero-order valence-electron chi connectivity index (χ0n) is 24.2. The molecule has 0 saturated heterocycles. The van der Waals surface area contributed by atoms with Gasteiger partial charge in [0, 0.05) is 72.4 Å². The number of nitrogens with zero attached hydrogens (tertiary/aromatic N) is 2. The summed E-state index contributed by atoms with van der Waals surface area (Å²) in [6, 6.07) is 28.5. The van der Waals surface area contributed by atoms with Crippen molar-refractivity contribution in [1.29, 1.82) is 0 Å². The molecule has 0 spiro atoms. The van der Waals surface area contributed by atoms with Crippen molar-refractivity contribution in [3.63, 3.8) is 0 Å². The summed E-state index contributed by atoms with van der Waals surface area (Å²) in [5.41, 5.74) is 25.5. The Morgan fingerprint density at radius 3 is 1.86 bits per heavy atom. The summed E-state index contributed by atoms with van der Waals surface area (Å²) in [5.74, 6) is 1.27. The van der Waals surface area contributed by atoms with Crippen molar-refractivity contribution in [2.45, 2.75) is 68.6 Å². The van der Waals surface area contributed by atoms with Crippen molar-refractivity contribution in [2.24, 2.45) is 23.1 Å². The lowest BCUT2D eigenvalue weighted by Gasteiger charge is -2.35. The van der Waals surface area contributed by atoms with Crippen LogP contribution in [0.25, 0.3) is 0 Å². The normalized spacial score (nSPS) is 16.9. The van der Waals surface area contributed by atoms with Crippen LogP contribution in [0.1, 0.15) is 59.7 Å². The quantitative estimate of drug-likeness (QED) is 0.147. The van der Waals surface area contributed by atoms with Gasteiger partial charge in [-0.1, -0.05) is 60.1 Å². The van der Waals surface area contributed by atoms with Gasteiger partial charge in [-0.2, -0.15) is 0 Å². The monoisotopic (exact) mass is 582 g/mol. The van der Waals surface area contributed by atoms with Gasteiger partial charge in [0.1, 0.15) is 0 Å². The van der Waals surface area contributed by atoms with Crippen LogP contribution in [0.15, 0.2) is 97.3 Å². The highest BCUT2D eigenvalue weighted by Crippen LogP contribution is 2.42. The number of pyridine rings is 2. The van der Waals surface area contributed by atoms with E-state index in [1.807, 2.05) is 48.5 Å². The molecule has 1 fully saturated rings. The number of hydrogen-bond acceptors (Lipinski definition) is 6. The number of benzene rings is 2. The first-order valence-electron chi connectivity index (χ1n) is 15.0. The highest BCUT2D eigenvalue weighted by molar-refractivity contribution is 6.30. The van der Waals surface area contributed by atoms with Crippen molar-refractivity contribution < 1.29 is 0 Å².